The Hall–Kier alpha value is -3.35. The smallest absolute Gasteiger partial charge is 0.313 e. The number of ketones is 1. The van der Waals surface area contributed by atoms with Gasteiger partial charge in [0, 0.05) is 38.2 Å². The lowest BCUT2D eigenvalue weighted by Gasteiger charge is -2.32. The molecule has 2 aliphatic rings. The van der Waals surface area contributed by atoms with Gasteiger partial charge in [0.2, 0.25) is 0 Å². The second kappa shape index (κ2) is 14.0. The van der Waals surface area contributed by atoms with Crippen LogP contribution in [0.5, 0.6) is 0 Å². The van der Waals surface area contributed by atoms with Crippen molar-refractivity contribution in [1.29, 1.82) is 0 Å². The van der Waals surface area contributed by atoms with Gasteiger partial charge in [-0.25, -0.2) is 4.39 Å². The van der Waals surface area contributed by atoms with Crippen LogP contribution >= 0.6 is 0 Å². The van der Waals surface area contributed by atoms with Gasteiger partial charge in [0.15, 0.2) is 5.78 Å². The lowest BCUT2D eigenvalue weighted by Crippen LogP contribution is -2.33. The van der Waals surface area contributed by atoms with Crippen molar-refractivity contribution in [2.45, 2.75) is 77.3 Å². The number of aliphatic carboxylic acids is 1. The van der Waals surface area contributed by atoms with E-state index < -0.39 is 11.4 Å². The summed E-state index contributed by atoms with van der Waals surface area (Å²) in [5.41, 5.74) is 5.73. The number of fused-ring (bicyclic) bond motifs is 1. The van der Waals surface area contributed by atoms with E-state index in [1.807, 2.05) is 42.5 Å². The molecule has 3 aromatic carbocycles. The van der Waals surface area contributed by atoms with E-state index in [4.69, 9.17) is 0 Å². The highest BCUT2D eigenvalue weighted by Gasteiger charge is 2.29. The maximum atomic E-state index is 13.2. The number of carboxylic acid groups (broad SMARTS) is 1. The molecule has 5 rings (SSSR count). The van der Waals surface area contributed by atoms with E-state index >= 15 is 0 Å². The molecule has 0 saturated carbocycles. The summed E-state index contributed by atoms with van der Waals surface area (Å²) in [4.78, 5) is 29.6. The highest BCUT2D eigenvalue weighted by molar-refractivity contribution is 5.96. The highest BCUT2D eigenvalue weighted by atomic mass is 19.1. The largest absolute Gasteiger partial charge is 0.481 e. The summed E-state index contributed by atoms with van der Waals surface area (Å²) in [7, 11) is 0. The fourth-order valence-electron chi connectivity index (χ4n) is 6.49. The first-order valence-electron chi connectivity index (χ1n) is 15.8. The SMILES string of the molecule is CC(C)(C(=O)O)c1ccc(CN2CCc3ccc(C(=O)CCCC4CCN(Cc5ccc(F)cc5)CC4)cc3CC2)cc1. The number of hydrogen-bond acceptors (Lipinski definition) is 4. The number of carbonyl (C=O) groups excluding carboxylic acids is 1. The zero-order valence-electron chi connectivity index (χ0n) is 25.7. The summed E-state index contributed by atoms with van der Waals surface area (Å²) in [5.74, 6) is -0.0773. The van der Waals surface area contributed by atoms with Crippen LogP contribution in [0.1, 0.15) is 84.1 Å². The number of halogens is 1. The Morgan fingerprint density at radius 3 is 2.02 bits per heavy atom. The van der Waals surface area contributed by atoms with Crippen LogP contribution < -0.4 is 0 Å². The van der Waals surface area contributed by atoms with Gasteiger partial charge in [-0.3, -0.25) is 19.4 Å². The van der Waals surface area contributed by atoms with Crippen molar-refractivity contribution in [3.05, 3.63) is 106 Å². The normalized spacial score (nSPS) is 16.9. The highest BCUT2D eigenvalue weighted by Crippen LogP contribution is 2.27. The van der Waals surface area contributed by atoms with E-state index in [1.54, 1.807) is 13.8 Å². The number of carboxylic acids is 1. The summed E-state index contributed by atoms with van der Waals surface area (Å²) in [6, 6.07) is 21.1. The Labute approximate surface area is 255 Å². The van der Waals surface area contributed by atoms with Crippen molar-refractivity contribution >= 4 is 11.8 Å². The van der Waals surface area contributed by atoms with E-state index in [9.17, 15) is 19.1 Å². The fourth-order valence-corrected chi connectivity index (χ4v) is 6.49. The second-order valence-corrected chi connectivity index (χ2v) is 13.0. The van der Waals surface area contributed by atoms with Gasteiger partial charge in [0.1, 0.15) is 5.82 Å². The molecule has 5 nitrogen and oxygen atoms in total. The van der Waals surface area contributed by atoms with Gasteiger partial charge >= 0.3 is 5.97 Å². The zero-order chi connectivity index (χ0) is 30.4. The minimum atomic E-state index is -0.900. The van der Waals surface area contributed by atoms with E-state index in [0.29, 0.717) is 12.3 Å². The summed E-state index contributed by atoms with van der Waals surface area (Å²) in [5, 5.41) is 9.51. The number of hydrogen-bond donors (Lipinski definition) is 1. The average Bonchev–Trinajstić information content (AvgIpc) is 3.21. The lowest BCUT2D eigenvalue weighted by atomic mass is 9.84. The van der Waals surface area contributed by atoms with Gasteiger partial charge < -0.3 is 5.11 Å². The van der Waals surface area contributed by atoms with Gasteiger partial charge in [0.25, 0.3) is 0 Å². The molecule has 228 valence electrons. The van der Waals surface area contributed by atoms with Crippen molar-refractivity contribution in [1.82, 2.24) is 9.80 Å². The Morgan fingerprint density at radius 1 is 0.814 bits per heavy atom. The van der Waals surface area contributed by atoms with E-state index in [0.717, 1.165) is 94.5 Å². The average molecular weight is 585 g/mol. The van der Waals surface area contributed by atoms with Gasteiger partial charge in [-0.1, -0.05) is 48.5 Å². The molecule has 0 radical (unpaired) electrons. The predicted octanol–water partition coefficient (Wildman–Crippen LogP) is 7.05. The third-order valence-corrected chi connectivity index (χ3v) is 9.58. The van der Waals surface area contributed by atoms with Crippen LogP contribution in [0.2, 0.25) is 0 Å². The number of nitrogens with zero attached hydrogens (tertiary/aromatic N) is 2. The summed E-state index contributed by atoms with van der Waals surface area (Å²) >= 11 is 0. The predicted molar refractivity (Wildman–Crippen MR) is 169 cm³/mol. The van der Waals surface area contributed by atoms with Crippen LogP contribution in [-0.4, -0.2) is 52.8 Å². The van der Waals surface area contributed by atoms with E-state index in [-0.39, 0.29) is 11.6 Å². The summed E-state index contributed by atoms with van der Waals surface area (Å²) < 4.78 is 13.2. The molecule has 0 aromatic heterocycles. The third-order valence-electron chi connectivity index (χ3n) is 9.58. The van der Waals surface area contributed by atoms with Crippen LogP contribution in [0.25, 0.3) is 0 Å². The number of likely N-dealkylation sites (tertiary alicyclic amines) is 1. The molecule has 6 heteroatoms. The van der Waals surface area contributed by atoms with Gasteiger partial charge in [-0.05, 0) is 117 Å². The number of rotatable bonds is 11. The van der Waals surface area contributed by atoms with Crippen LogP contribution in [0.15, 0.2) is 66.7 Å². The van der Waals surface area contributed by atoms with Gasteiger partial charge in [-0.15, -0.1) is 0 Å². The molecule has 1 saturated heterocycles. The summed E-state index contributed by atoms with van der Waals surface area (Å²) in [6.07, 6.45) is 6.87. The molecule has 0 atom stereocenters. The number of piperidine rings is 1. The Kier molecular flexibility index (Phi) is 10.1. The second-order valence-electron chi connectivity index (χ2n) is 13.0. The molecular weight excluding hydrogens is 539 g/mol. The first kappa shape index (κ1) is 31.1. The van der Waals surface area contributed by atoms with Crippen molar-refractivity contribution in [2.75, 3.05) is 26.2 Å². The van der Waals surface area contributed by atoms with Crippen LogP contribution in [0.3, 0.4) is 0 Å². The Morgan fingerprint density at radius 2 is 1.40 bits per heavy atom. The molecule has 0 amide bonds. The van der Waals surface area contributed by atoms with E-state index in [1.165, 1.54) is 28.8 Å². The zero-order valence-corrected chi connectivity index (χ0v) is 25.7. The van der Waals surface area contributed by atoms with Crippen molar-refractivity contribution in [3.8, 4) is 0 Å². The lowest BCUT2D eigenvalue weighted by molar-refractivity contribution is -0.142. The first-order valence-corrected chi connectivity index (χ1v) is 15.8. The van der Waals surface area contributed by atoms with Gasteiger partial charge in [0.05, 0.1) is 5.41 Å². The quantitative estimate of drug-likeness (QED) is 0.245. The molecule has 0 aliphatic carbocycles. The topological polar surface area (TPSA) is 60.9 Å². The molecule has 0 spiro atoms. The first-order chi connectivity index (χ1) is 20.7. The van der Waals surface area contributed by atoms with Gasteiger partial charge in [-0.2, -0.15) is 0 Å². The number of carbonyl (C=O) groups is 2. The van der Waals surface area contributed by atoms with Crippen molar-refractivity contribution < 1.29 is 19.1 Å². The number of Topliss-reactive ketones (excluding diaryl/α,β-unsaturated/α-hetero) is 1. The molecule has 2 aliphatic heterocycles. The van der Waals surface area contributed by atoms with Crippen LogP contribution in [-0.2, 0) is 36.1 Å². The maximum absolute atomic E-state index is 13.2. The molecule has 1 fully saturated rings. The summed E-state index contributed by atoms with van der Waals surface area (Å²) in [6.45, 7) is 9.20. The Bertz CT molecular complexity index is 1390. The van der Waals surface area contributed by atoms with Crippen molar-refractivity contribution in [2.24, 2.45) is 5.92 Å². The molecule has 2 heterocycles. The Balaban J connectivity index is 1.05. The molecular formula is C37H45FN2O3. The van der Waals surface area contributed by atoms with Crippen LogP contribution in [0.4, 0.5) is 4.39 Å². The molecule has 1 N–H and O–H groups in total. The van der Waals surface area contributed by atoms with Crippen LogP contribution in [0, 0.1) is 11.7 Å². The monoisotopic (exact) mass is 584 g/mol. The fraction of sp³-hybridized carbons (Fsp3) is 0.459. The van der Waals surface area contributed by atoms with Crippen molar-refractivity contribution in [3.63, 3.8) is 0 Å². The minimum Gasteiger partial charge on any atom is -0.481 e. The molecule has 43 heavy (non-hydrogen) atoms. The minimum absolute atomic E-state index is 0.186. The maximum Gasteiger partial charge on any atom is 0.313 e. The molecule has 0 unspecified atom stereocenters. The molecule has 0 bridgehead atoms. The van der Waals surface area contributed by atoms with E-state index in [2.05, 4.69) is 21.9 Å². The standard InChI is InChI=1S/C37H45FN2O3/c1-37(2,36(42)43)33-12-6-28(7-13-33)25-40-22-18-30-10-11-32(24-31(30)19-23-40)35(41)5-3-4-27-16-20-39(21-17-27)26-29-8-14-34(38)15-9-29/h6-15,24,27H,3-5,16-23,25-26H2,1-2H3,(H,42,43). The molecule has 3 aromatic rings. The number of benzene rings is 3. The third kappa shape index (κ3) is 8.18.